The minimum Gasteiger partial charge on any atom is -0.427 e. The molecule has 0 amide bonds. The fraction of sp³-hybridized carbons (Fsp3) is 0.0455. The molecule has 0 aliphatic heterocycles. The van der Waals surface area contributed by atoms with Crippen LogP contribution in [0, 0.1) is 0 Å². The predicted molar refractivity (Wildman–Crippen MR) is 101 cm³/mol. The third-order valence-corrected chi connectivity index (χ3v) is 3.61. The number of carbonyl (C=O) groups is 3. The summed E-state index contributed by atoms with van der Waals surface area (Å²) in [5.74, 6) is -0.508. The molecular weight excluding hydrogens is 360 g/mol. The van der Waals surface area contributed by atoms with Crippen molar-refractivity contribution in [1.29, 1.82) is 0 Å². The van der Waals surface area contributed by atoms with Gasteiger partial charge in [0.2, 0.25) is 0 Å². The second kappa shape index (κ2) is 8.64. The second-order valence-electron chi connectivity index (χ2n) is 5.73. The molecule has 0 saturated heterocycles. The third kappa shape index (κ3) is 5.04. The zero-order chi connectivity index (χ0) is 19.9. The molecule has 6 heteroatoms. The molecule has 0 radical (unpaired) electrons. The predicted octanol–water partition coefficient (Wildman–Crippen LogP) is 4.05. The Morgan fingerprint density at radius 1 is 0.536 bits per heavy atom. The van der Waals surface area contributed by atoms with Crippen LogP contribution in [0.4, 0.5) is 0 Å². The van der Waals surface area contributed by atoms with E-state index in [0.717, 1.165) is 0 Å². The maximum atomic E-state index is 12.2. The highest BCUT2D eigenvalue weighted by Crippen LogP contribution is 2.20. The summed E-state index contributed by atoms with van der Waals surface area (Å²) in [6, 6.07) is 20.7. The highest BCUT2D eigenvalue weighted by Gasteiger charge is 2.11. The average Bonchev–Trinajstić information content (AvgIpc) is 2.70. The summed E-state index contributed by atoms with van der Waals surface area (Å²) in [5, 5.41) is 0. The lowest BCUT2D eigenvalue weighted by atomic mass is 10.2. The van der Waals surface area contributed by atoms with E-state index >= 15 is 0 Å². The van der Waals surface area contributed by atoms with Crippen LogP contribution in [-0.2, 0) is 4.79 Å². The van der Waals surface area contributed by atoms with Gasteiger partial charge < -0.3 is 14.2 Å². The zero-order valence-electron chi connectivity index (χ0n) is 15.0. The Bertz CT molecular complexity index is 976. The highest BCUT2D eigenvalue weighted by molar-refractivity contribution is 5.92. The van der Waals surface area contributed by atoms with E-state index in [9.17, 15) is 14.4 Å². The fourth-order valence-electron chi connectivity index (χ4n) is 2.31. The Hall–Kier alpha value is -3.93. The Balaban J connectivity index is 1.60. The van der Waals surface area contributed by atoms with E-state index in [2.05, 4.69) is 0 Å². The molecule has 6 nitrogen and oxygen atoms in total. The molecule has 140 valence electrons. The lowest BCUT2D eigenvalue weighted by molar-refractivity contribution is -0.131. The minimum atomic E-state index is -0.566. The van der Waals surface area contributed by atoms with Gasteiger partial charge in [0.1, 0.15) is 17.2 Å². The summed E-state index contributed by atoms with van der Waals surface area (Å²) in [6.45, 7) is 1.29. The van der Waals surface area contributed by atoms with Crippen molar-refractivity contribution >= 4 is 17.9 Å². The maximum Gasteiger partial charge on any atom is 0.343 e. The Morgan fingerprint density at radius 3 is 1.39 bits per heavy atom. The molecule has 28 heavy (non-hydrogen) atoms. The molecule has 3 aromatic rings. The first-order chi connectivity index (χ1) is 13.5. The van der Waals surface area contributed by atoms with Crippen LogP contribution in [0.15, 0.2) is 78.9 Å². The van der Waals surface area contributed by atoms with Gasteiger partial charge in [-0.3, -0.25) is 4.79 Å². The van der Waals surface area contributed by atoms with Crippen molar-refractivity contribution in [1.82, 2.24) is 0 Å². The van der Waals surface area contributed by atoms with Gasteiger partial charge in [-0.15, -0.1) is 0 Å². The van der Waals surface area contributed by atoms with Crippen LogP contribution < -0.4 is 14.2 Å². The van der Waals surface area contributed by atoms with Gasteiger partial charge in [-0.1, -0.05) is 18.2 Å². The highest BCUT2D eigenvalue weighted by atomic mass is 16.5. The maximum absolute atomic E-state index is 12.2. The van der Waals surface area contributed by atoms with Crippen molar-refractivity contribution in [3.63, 3.8) is 0 Å². The third-order valence-electron chi connectivity index (χ3n) is 3.61. The standard InChI is InChI=1S/C22H16O6/c1-15(23)26-18-9-7-17(8-10-18)22(25)28-20-13-11-19(12-14-20)27-21(24)16-5-3-2-4-6-16/h2-14H,1H3. The van der Waals surface area contributed by atoms with Crippen LogP contribution in [0.3, 0.4) is 0 Å². The molecule has 0 heterocycles. The quantitative estimate of drug-likeness (QED) is 0.494. The largest absolute Gasteiger partial charge is 0.427 e. The zero-order valence-corrected chi connectivity index (χ0v) is 15.0. The van der Waals surface area contributed by atoms with Crippen molar-refractivity contribution < 1.29 is 28.6 Å². The van der Waals surface area contributed by atoms with Crippen LogP contribution in [0.5, 0.6) is 17.2 Å². The molecule has 0 aliphatic carbocycles. The second-order valence-corrected chi connectivity index (χ2v) is 5.73. The number of hydrogen-bond acceptors (Lipinski definition) is 6. The van der Waals surface area contributed by atoms with Gasteiger partial charge in [-0.2, -0.15) is 0 Å². The Morgan fingerprint density at radius 2 is 0.929 bits per heavy atom. The van der Waals surface area contributed by atoms with Crippen molar-refractivity contribution in [2.45, 2.75) is 6.92 Å². The summed E-state index contributed by atoms with van der Waals surface area (Å²) >= 11 is 0. The summed E-state index contributed by atoms with van der Waals surface area (Å²) in [5.41, 5.74) is 0.741. The van der Waals surface area contributed by atoms with E-state index < -0.39 is 17.9 Å². The van der Waals surface area contributed by atoms with Gasteiger partial charge in [-0.25, -0.2) is 9.59 Å². The van der Waals surface area contributed by atoms with Gasteiger partial charge in [0.15, 0.2) is 0 Å². The molecule has 0 spiro atoms. The first-order valence-electron chi connectivity index (χ1n) is 8.39. The molecule has 0 unspecified atom stereocenters. The van der Waals surface area contributed by atoms with Crippen LogP contribution in [0.2, 0.25) is 0 Å². The molecule has 0 fully saturated rings. The topological polar surface area (TPSA) is 78.9 Å². The number of carbonyl (C=O) groups excluding carboxylic acids is 3. The monoisotopic (exact) mass is 376 g/mol. The van der Waals surface area contributed by atoms with Gasteiger partial charge in [0.25, 0.3) is 0 Å². The number of rotatable bonds is 5. The molecule has 0 bridgehead atoms. The molecule has 0 aliphatic rings. The first-order valence-corrected chi connectivity index (χ1v) is 8.39. The van der Waals surface area contributed by atoms with E-state index in [1.165, 1.54) is 55.5 Å². The molecular formula is C22H16O6. The summed E-state index contributed by atoms with van der Waals surface area (Å²) in [7, 11) is 0. The Kier molecular flexibility index (Phi) is 5.81. The minimum absolute atomic E-state index is 0.300. The van der Waals surface area contributed by atoms with Gasteiger partial charge >= 0.3 is 17.9 Å². The molecule has 0 atom stereocenters. The fourth-order valence-corrected chi connectivity index (χ4v) is 2.31. The van der Waals surface area contributed by atoms with Crippen LogP contribution in [0.1, 0.15) is 27.6 Å². The van der Waals surface area contributed by atoms with Gasteiger partial charge in [0.05, 0.1) is 11.1 Å². The van der Waals surface area contributed by atoms with Gasteiger partial charge in [0, 0.05) is 6.92 Å². The number of esters is 3. The van der Waals surface area contributed by atoms with E-state index in [4.69, 9.17) is 14.2 Å². The SMILES string of the molecule is CC(=O)Oc1ccc(C(=O)Oc2ccc(OC(=O)c3ccccc3)cc2)cc1. The molecule has 0 saturated carbocycles. The first kappa shape index (κ1) is 18.8. The smallest absolute Gasteiger partial charge is 0.343 e. The summed E-state index contributed by atoms with van der Waals surface area (Å²) < 4.78 is 15.5. The van der Waals surface area contributed by atoms with E-state index in [1.807, 2.05) is 6.07 Å². The van der Waals surface area contributed by atoms with Crippen LogP contribution >= 0.6 is 0 Å². The molecule has 3 aromatic carbocycles. The molecule has 0 N–H and O–H groups in total. The molecule has 0 aromatic heterocycles. The van der Waals surface area contributed by atoms with E-state index in [-0.39, 0.29) is 0 Å². The normalized spacial score (nSPS) is 10.0. The summed E-state index contributed by atoms with van der Waals surface area (Å²) in [6.07, 6.45) is 0. The number of ether oxygens (including phenoxy) is 3. The molecule has 3 rings (SSSR count). The number of hydrogen-bond donors (Lipinski definition) is 0. The van der Waals surface area contributed by atoms with Gasteiger partial charge in [-0.05, 0) is 60.7 Å². The average molecular weight is 376 g/mol. The van der Waals surface area contributed by atoms with Crippen LogP contribution in [-0.4, -0.2) is 17.9 Å². The van der Waals surface area contributed by atoms with Crippen LogP contribution in [0.25, 0.3) is 0 Å². The lowest BCUT2D eigenvalue weighted by Crippen LogP contribution is -2.09. The van der Waals surface area contributed by atoms with Crippen molar-refractivity contribution in [2.24, 2.45) is 0 Å². The summed E-state index contributed by atoms with van der Waals surface area (Å²) in [4.78, 5) is 35.1. The number of benzene rings is 3. The van der Waals surface area contributed by atoms with E-state index in [0.29, 0.717) is 28.4 Å². The Labute approximate surface area is 161 Å². The van der Waals surface area contributed by atoms with Crippen molar-refractivity contribution in [2.75, 3.05) is 0 Å². The lowest BCUT2D eigenvalue weighted by Gasteiger charge is -2.07. The van der Waals surface area contributed by atoms with E-state index in [1.54, 1.807) is 24.3 Å². The van der Waals surface area contributed by atoms with Crippen molar-refractivity contribution in [3.05, 3.63) is 90.0 Å². The van der Waals surface area contributed by atoms with Crippen molar-refractivity contribution in [3.8, 4) is 17.2 Å².